The molecule has 0 atom stereocenters. The molecule has 4 heteroatoms. The van der Waals surface area contributed by atoms with Crippen LogP contribution >= 0.6 is 0 Å². The van der Waals surface area contributed by atoms with Gasteiger partial charge in [0.05, 0.1) is 11.9 Å². The first kappa shape index (κ1) is 10.5. The molecule has 0 amide bonds. The van der Waals surface area contributed by atoms with Crippen molar-refractivity contribution in [1.29, 1.82) is 0 Å². The molecule has 0 unspecified atom stereocenters. The molecule has 1 heterocycles. The van der Waals surface area contributed by atoms with Gasteiger partial charge in [-0.05, 0) is 12.5 Å². The molecule has 0 radical (unpaired) electrons. The molecule has 2 rings (SSSR count). The molecule has 0 bridgehead atoms. The van der Waals surface area contributed by atoms with Gasteiger partial charge in [-0.15, -0.1) is 0 Å². The van der Waals surface area contributed by atoms with Crippen LogP contribution in [0.15, 0.2) is 30.6 Å². The maximum absolute atomic E-state index is 9.82. The van der Waals surface area contributed by atoms with Gasteiger partial charge in [0.1, 0.15) is 5.75 Å². The summed E-state index contributed by atoms with van der Waals surface area (Å²) in [6, 6.07) is 5.74. The number of aromatic hydroxyl groups is 1. The van der Waals surface area contributed by atoms with Crippen molar-refractivity contribution < 1.29 is 5.11 Å². The number of anilines is 1. The Bertz CT molecular complexity index is 491. The fraction of sp³-hybridized carbons (Fsp3) is 0.250. The molecular formula is C12H15N3O. The van der Waals surface area contributed by atoms with E-state index in [2.05, 4.69) is 10.4 Å². The number of hydrogen-bond donors (Lipinski definition) is 2. The fourth-order valence-corrected chi connectivity index (χ4v) is 1.57. The molecule has 0 saturated heterocycles. The monoisotopic (exact) mass is 217 g/mol. The Morgan fingerprint density at radius 2 is 2.25 bits per heavy atom. The number of phenolic OH excluding ortho intramolecular Hbond substituents is 1. The SMILES string of the molecule is Cc1cccc(CNc2cnn(C)c2)c1O. The minimum absolute atomic E-state index is 0.360. The maximum Gasteiger partial charge on any atom is 0.123 e. The lowest BCUT2D eigenvalue weighted by atomic mass is 10.1. The third kappa shape index (κ3) is 2.16. The summed E-state index contributed by atoms with van der Waals surface area (Å²) in [7, 11) is 1.87. The van der Waals surface area contributed by atoms with Crippen LogP contribution < -0.4 is 5.32 Å². The van der Waals surface area contributed by atoms with Crippen molar-refractivity contribution in [2.45, 2.75) is 13.5 Å². The molecule has 2 N–H and O–H groups in total. The predicted molar refractivity (Wildman–Crippen MR) is 63.4 cm³/mol. The van der Waals surface area contributed by atoms with Gasteiger partial charge >= 0.3 is 0 Å². The fourth-order valence-electron chi connectivity index (χ4n) is 1.57. The van der Waals surface area contributed by atoms with Crippen molar-refractivity contribution in [3.05, 3.63) is 41.7 Å². The second-order valence-electron chi connectivity index (χ2n) is 3.84. The predicted octanol–water partition coefficient (Wildman–Crippen LogP) is 2.05. The number of para-hydroxylation sites is 1. The smallest absolute Gasteiger partial charge is 0.123 e. The van der Waals surface area contributed by atoms with Crippen LogP contribution in [0.1, 0.15) is 11.1 Å². The number of nitrogens with one attached hydrogen (secondary N) is 1. The first-order valence-corrected chi connectivity index (χ1v) is 5.17. The third-order valence-corrected chi connectivity index (χ3v) is 2.51. The average Bonchev–Trinajstić information content (AvgIpc) is 2.67. The van der Waals surface area contributed by atoms with Crippen LogP contribution in [0.2, 0.25) is 0 Å². The lowest BCUT2D eigenvalue weighted by molar-refractivity contribution is 0.465. The molecular weight excluding hydrogens is 202 g/mol. The van der Waals surface area contributed by atoms with Crippen LogP contribution in [0.25, 0.3) is 0 Å². The van der Waals surface area contributed by atoms with E-state index in [-0.39, 0.29) is 0 Å². The zero-order chi connectivity index (χ0) is 11.5. The summed E-state index contributed by atoms with van der Waals surface area (Å²) in [5.41, 5.74) is 2.73. The van der Waals surface area contributed by atoms with E-state index in [0.717, 1.165) is 16.8 Å². The van der Waals surface area contributed by atoms with Gasteiger partial charge < -0.3 is 10.4 Å². The highest BCUT2D eigenvalue weighted by Gasteiger charge is 2.03. The van der Waals surface area contributed by atoms with Crippen LogP contribution in [0, 0.1) is 6.92 Å². The van der Waals surface area contributed by atoms with E-state index in [1.807, 2.05) is 38.4 Å². The quantitative estimate of drug-likeness (QED) is 0.827. The molecule has 0 spiro atoms. The maximum atomic E-state index is 9.82. The topological polar surface area (TPSA) is 50.1 Å². The summed E-state index contributed by atoms with van der Waals surface area (Å²) in [5.74, 6) is 0.360. The summed E-state index contributed by atoms with van der Waals surface area (Å²) in [6.45, 7) is 2.49. The Labute approximate surface area is 94.5 Å². The van der Waals surface area contributed by atoms with Crippen molar-refractivity contribution in [2.75, 3.05) is 5.32 Å². The molecule has 2 aromatic rings. The summed E-state index contributed by atoms with van der Waals surface area (Å²) < 4.78 is 1.73. The Morgan fingerprint density at radius 3 is 2.94 bits per heavy atom. The highest BCUT2D eigenvalue weighted by molar-refractivity contribution is 5.44. The van der Waals surface area contributed by atoms with E-state index in [4.69, 9.17) is 0 Å². The lowest BCUT2D eigenvalue weighted by Crippen LogP contribution is -1.99. The summed E-state index contributed by atoms with van der Waals surface area (Å²) >= 11 is 0. The molecule has 84 valence electrons. The average molecular weight is 217 g/mol. The summed E-state index contributed by atoms with van der Waals surface area (Å²) in [5, 5.41) is 17.1. The Morgan fingerprint density at radius 1 is 1.44 bits per heavy atom. The summed E-state index contributed by atoms with van der Waals surface area (Å²) in [6.07, 6.45) is 3.65. The number of benzene rings is 1. The van der Waals surface area contributed by atoms with E-state index in [0.29, 0.717) is 12.3 Å². The van der Waals surface area contributed by atoms with Gasteiger partial charge in [-0.2, -0.15) is 5.10 Å². The van der Waals surface area contributed by atoms with E-state index in [1.54, 1.807) is 10.9 Å². The number of nitrogens with zero attached hydrogens (tertiary/aromatic N) is 2. The normalized spacial score (nSPS) is 10.4. The van der Waals surface area contributed by atoms with Crippen molar-refractivity contribution in [2.24, 2.45) is 7.05 Å². The molecule has 0 aliphatic rings. The van der Waals surface area contributed by atoms with Crippen molar-refractivity contribution in [3.63, 3.8) is 0 Å². The van der Waals surface area contributed by atoms with Crippen LogP contribution in [-0.4, -0.2) is 14.9 Å². The van der Waals surface area contributed by atoms with E-state index in [1.165, 1.54) is 0 Å². The molecule has 1 aromatic carbocycles. The van der Waals surface area contributed by atoms with E-state index < -0.39 is 0 Å². The van der Waals surface area contributed by atoms with Crippen LogP contribution in [0.3, 0.4) is 0 Å². The van der Waals surface area contributed by atoms with Crippen LogP contribution in [0.5, 0.6) is 5.75 Å². The van der Waals surface area contributed by atoms with Gasteiger partial charge in [0.2, 0.25) is 0 Å². The van der Waals surface area contributed by atoms with Crippen molar-refractivity contribution >= 4 is 5.69 Å². The van der Waals surface area contributed by atoms with Gasteiger partial charge in [-0.3, -0.25) is 4.68 Å². The Hall–Kier alpha value is -1.97. The zero-order valence-electron chi connectivity index (χ0n) is 9.44. The van der Waals surface area contributed by atoms with Gasteiger partial charge in [-0.1, -0.05) is 18.2 Å². The summed E-state index contributed by atoms with van der Waals surface area (Å²) in [4.78, 5) is 0. The van der Waals surface area contributed by atoms with E-state index >= 15 is 0 Å². The number of rotatable bonds is 3. The first-order valence-electron chi connectivity index (χ1n) is 5.17. The second kappa shape index (κ2) is 4.26. The number of aromatic nitrogens is 2. The number of hydrogen-bond acceptors (Lipinski definition) is 3. The number of phenols is 1. The molecule has 4 nitrogen and oxygen atoms in total. The van der Waals surface area contributed by atoms with Gasteiger partial charge in [0.15, 0.2) is 0 Å². The third-order valence-electron chi connectivity index (χ3n) is 2.51. The van der Waals surface area contributed by atoms with Gasteiger partial charge in [-0.25, -0.2) is 0 Å². The largest absolute Gasteiger partial charge is 0.507 e. The zero-order valence-corrected chi connectivity index (χ0v) is 9.44. The molecule has 1 aromatic heterocycles. The Kier molecular flexibility index (Phi) is 2.81. The highest BCUT2D eigenvalue weighted by Crippen LogP contribution is 2.22. The van der Waals surface area contributed by atoms with Crippen molar-refractivity contribution in [1.82, 2.24) is 9.78 Å². The van der Waals surface area contributed by atoms with Crippen LogP contribution in [0.4, 0.5) is 5.69 Å². The molecule has 0 fully saturated rings. The van der Waals surface area contributed by atoms with E-state index in [9.17, 15) is 5.11 Å². The highest BCUT2D eigenvalue weighted by atomic mass is 16.3. The minimum atomic E-state index is 0.360. The molecule has 0 aliphatic heterocycles. The second-order valence-corrected chi connectivity index (χ2v) is 3.84. The van der Waals surface area contributed by atoms with Crippen molar-refractivity contribution in [3.8, 4) is 5.75 Å². The standard InChI is InChI=1S/C12H15N3O/c1-9-4-3-5-10(12(9)16)6-13-11-7-14-15(2)8-11/h3-5,7-8,13,16H,6H2,1-2H3. The van der Waals surface area contributed by atoms with Gasteiger partial charge in [0, 0.05) is 25.4 Å². The molecule has 0 saturated carbocycles. The molecule has 0 aliphatic carbocycles. The first-order chi connectivity index (χ1) is 7.66. The number of aryl methyl sites for hydroxylation is 2. The van der Waals surface area contributed by atoms with Gasteiger partial charge in [0.25, 0.3) is 0 Å². The minimum Gasteiger partial charge on any atom is -0.507 e. The Balaban J connectivity index is 2.07. The molecule has 16 heavy (non-hydrogen) atoms. The lowest BCUT2D eigenvalue weighted by Gasteiger charge is -2.07. The van der Waals surface area contributed by atoms with Crippen LogP contribution in [-0.2, 0) is 13.6 Å².